The van der Waals surface area contributed by atoms with E-state index in [-0.39, 0.29) is 18.8 Å². The highest BCUT2D eigenvalue weighted by Gasteiger charge is 2.35. The van der Waals surface area contributed by atoms with Crippen molar-refractivity contribution in [3.63, 3.8) is 0 Å². The number of nitro groups is 1. The summed E-state index contributed by atoms with van der Waals surface area (Å²) >= 11 is 0. The fraction of sp³-hybridized carbons (Fsp3) is 0.381. The molecule has 8 heteroatoms. The predicted octanol–water partition coefficient (Wildman–Crippen LogP) is 4.75. The Balaban J connectivity index is 2.22. The molecule has 0 aliphatic rings. The first-order valence-corrected chi connectivity index (χ1v) is 9.14. The molecule has 156 valence electrons. The van der Waals surface area contributed by atoms with Crippen LogP contribution in [0.1, 0.15) is 32.4 Å². The molecule has 0 aliphatic heterocycles. The average Bonchev–Trinajstić information content (AvgIpc) is 2.66. The summed E-state index contributed by atoms with van der Waals surface area (Å²) in [6.07, 6.45) is -1.12. The molecule has 2 aromatic carbocycles. The molecule has 1 unspecified atom stereocenters. The smallest absolute Gasteiger partial charge is 0.407 e. The van der Waals surface area contributed by atoms with Gasteiger partial charge in [0.2, 0.25) is 0 Å². The van der Waals surface area contributed by atoms with Crippen molar-refractivity contribution >= 4 is 11.8 Å². The Morgan fingerprint density at radius 3 is 2.31 bits per heavy atom. The van der Waals surface area contributed by atoms with E-state index < -0.39 is 22.5 Å². The highest BCUT2D eigenvalue weighted by atomic mass is 16.6. The van der Waals surface area contributed by atoms with Crippen molar-refractivity contribution in [1.29, 1.82) is 0 Å². The first-order chi connectivity index (χ1) is 13.6. The van der Waals surface area contributed by atoms with E-state index in [1.54, 1.807) is 43.5 Å². The zero-order chi connectivity index (χ0) is 21.6. The number of carboxylic acid groups (broad SMARTS) is 1. The summed E-state index contributed by atoms with van der Waals surface area (Å²) < 4.78 is 10.8. The number of carbonyl (C=O) groups is 1. The van der Waals surface area contributed by atoms with Gasteiger partial charge in [0, 0.05) is 12.1 Å². The second-order valence-electron chi connectivity index (χ2n) is 7.62. The molecule has 0 aromatic heterocycles. The number of hydrogen-bond donors (Lipinski definition) is 1. The molecule has 2 rings (SSSR count). The van der Waals surface area contributed by atoms with Crippen LogP contribution in [0.25, 0.3) is 0 Å². The van der Waals surface area contributed by atoms with Gasteiger partial charge in [-0.3, -0.25) is 15.0 Å². The number of methoxy groups -OCH3 is 1. The second kappa shape index (κ2) is 9.27. The van der Waals surface area contributed by atoms with Gasteiger partial charge in [-0.25, -0.2) is 4.79 Å². The summed E-state index contributed by atoms with van der Waals surface area (Å²) in [7, 11) is 1.57. The number of ether oxygens (including phenoxy) is 2. The van der Waals surface area contributed by atoms with Crippen molar-refractivity contribution in [3.05, 3.63) is 64.2 Å². The van der Waals surface area contributed by atoms with Crippen LogP contribution in [0.2, 0.25) is 0 Å². The zero-order valence-electron chi connectivity index (χ0n) is 17.0. The average molecular weight is 402 g/mol. The molecule has 0 radical (unpaired) electrons. The number of nitrogens with zero attached hydrogens (tertiary/aromatic N) is 2. The summed E-state index contributed by atoms with van der Waals surface area (Å²) in [6.45, 7) is 5.94. The van der Waals surface area contributed by atoms with Crippen molar-refractivity contribution in [3.8, 4) is 11.5 Å². The molecule has 0 saturated carbocycles. The van der Waals surface area contributed by atoms with E-state index in [0.29, 0.717) is 17.1 Å². The van der Waals surface area contributed by atoms with Crippen LogP contribution in [0.3, 0.4) is 0 Å². The third-order valence-electron chi connectivity index (χ3n) is 4.43. The monoisotopic (exact) mass is 402 g/mol. The zero-order valence-corrected chi connectivity index (χ0v) is 17.0. The minimum absolute atomic E-state index is 0.0726. The molecule has 0 spiro atoms. The minimum Gasteiger partial charge on any atom is -0.497 e. The van der Waals surface area contributed by atoms with Gasteiger partial charge in [0.1, 0.15) is 18.1 Å². The fourth-order valence-electron chi connectivity index (χ4n) is 3.22. The lowest BCUT2D eigenvalue weighted by atomic mass is 9.81. The SMILES string of the molecule is COc1ccc(OCCN(C(=O)O)C(c2cccc([N+](=O)[O-])c2)C(C)(C)C)cc1. The molecule has 1 amide bonds. The highest BCUT2D eigenvalue weighted by Crippen LogP contribution is 2.39. The van der Waals surface area contributed by atoms with Crippen LogP contribution in [-0.4, -0.2) is 41.3 Å². The quantitative estimate of drug-likeness (QED) is 0.505. The maximum absolute atomic E-state index is 12.0. The van der Waals surface area contributed by atoms with E-state index in [4.69, 9.17) is 9.47 Å². The molecule has 8 nitrogen and oxygen atoms in total. The van der Waals surface area contributed by atoms with Gasteiger partial charge in [0.15, 0.2) is 0 Å². The summed E-state index contributed by atoms with van der Waals surface area (Å²) in [4.78, 5) is 24.0. The number of hydrogen-bond acceptors (Lipinski definition) is 5. The van der Waals surface area contributed by atoms with Crippen molar-refractivity contribution < 1.29 is 24.3 Å². The molecule has 29 heavy (non-hydrogen) atoms. The lowest BCUT2D eigenvalue weighted by Crippen LogP contribution is -2.42. The van der Waals surface area contributed by atoms with Gasteiger partial charge >= 0.3 is 6.09 Å². The van der Waals surface area contributed by atoms with E-state index in [2.05, 4.69) is 0 Å². The van der Waals surface area contributed by atoms with Crippen LogP contribution in [0.5, 0.6) is 11.5 Å². The van der Waals surface area contributed by atoms with Crippen molar-refractivity contribution in [2.75, 3.05) is 20.3 Å². The standard InChI is InChI=1S/C21H26N2O6/c1-21(2,3)19(15-6-5-7-16(14-15)23(26)27)22(20(24)25)12-13-29-18-10-8-17(28-4)9-11-18/h5-11,14,19H,12-13H2,1-4H3,(H,24,25). The Bertz CT molecular complexity index is 845. The van der Waals surface area contributed by atoms with E-state index in [1.165, 1.54) is 17.0 Å². The molecule has 1 N–H and O–H groups in total. The minimum atomic E-state index is -1.12. The first kappa shape index (κ1) is 22.0. The Morgan fingerprint density at radius 2 is 1.79 bits per heavy atom. The lowest BCUT2D eigenvalue weighted by Gasteiger charge is -2.39. The first-order valence-electron chi connectivity index (χ1n) is 9.14. The summed E-state index contributed by atoms with van der Waals surface area (Å²) in [5.74, 6) is 1.29. The Hall–Kier alpha value is -3.29. The van der Waals surface area contributed by atoms with Crippen molar-refractivity contribution in [2.45, 2.75) is 26.8 Å². The predicted molar refractivity (Wildman–Crippen MR) is 109 cm³/mol. The Labute approximate surface area is 169 Å². The molecule has 0 saturated heterocycles. The van der Waals surface area contributed by atoms with E-state index in [9.17, 15) is 20.0 Å². The normalized spacial score (nSPS) is 12.1. The van der Waals surface area contributed by atoms with E-state index in [0.717, 1.165) is 0 Å². The summed E-state index contributed by atoms with van der Waals surface area (Å²) in [6, 6.07) is 12.5. The highest BCUT2D eigenvalue weighted by molar-refractivity contribution is 5.66. The molecule has 1 atom stereocenters. The van der Waals surface area contributed by atoms with Crippen LogP contribution >= 0.6 is 0 Å². The van der Waals surface area contributed by atoms with Gasteiger partial charge in [-0.1, -0.05) is 32.9 Å². The molecule has 0 heterocycles. The van der Waals surface area contributed by atoms with E-state index >= 15 is 0 Å². The summed E-state index contributed by atoms with van der Waals surface area (Å²) in [5, 5.41) is 21.0. The fourth-order valence-corrected chi connectivity index (χ4v) is 3.22. The van der Waals surface area contributed by atoms with Crippen LogP contribution in [-0.2, 0) is 0 Å². The topological polar surface area (TPSA) is 102 Å². The lowest BCUT2D eigenvalue weighted by molar-refractivity contribution is -0.385. The molecule has 0 bridgehead atoms. The van der Waals surface area contributed by atoms with Crippen molar-refractivity contribution in [2.24, 2.45) is 5.41 Å². The number of non-ortho nitro benzene ring substituents is 1. The van der Waals surface area contributed by atoms with Crippen LogP contribution in [0, 0.1) is 15.5 Å². The molecule has 2 aromatic rings. The van der Waals surface area contributed by atoms with Gasteiger partial charge < -0.3 is 14.6 Å². The number of rotatable bonds is 8. The number of nitro benzene ring substituents is 1. The van der Waals surface area contributed by atoms with Gasteiger partial charge in [0.25, 0.3) is 5.69 Å². The van der Waals surface area contributed by atoms with Gasteiger partial charge in [-0.15, -0.1) is 0 Å². The van der Waals surface area contributed by atoms with Gasteiger partial charge in [0.05, 0.1) is 24.6 Å². The van der Waals surface area contributed by atoms with E-state index in [1.807, 2.05) is 20.8 Å². The van der Waals surface area contributed by atoms with Crippen LogP contribution in [0.15, 0.2) is 48.5 Å². The Morgan fingerprint density at radius 1 is 1.17 bits per heavy atom. The Kier molecular flexibility index (Phi) is 7.03. The van der Waals surface area contributed by atoms with Gasteiger partial charge in [-0.05, 0) is 35.2 Å². The molecule has 0 fully saturated rings. The summed E-state index contributed by atoms with van der Waals surface area (Å²) in [5.41, 5.74) is 0.00314. The van der Waals surface area contributed by atoms with Gasteiger partial charge in [-0.2, -0.15) is 0 Å². The number of amides is 1. The third-order valence-corrected chi connectivity index (χ3v) is 4.43. The molecule has 0 aliphatic carbocycles. The molecular weight excluding hydrogens is 376 g/mol. The van der Waals surface area contributed by atoms with Crippen LogP contribution in [0.4, 0.5) is 10.5 Å². The van der Waals surface area contributed by atoms with Crippen molar-refractivity contribution in [1.82, 2.24) is 4.90 Å². The number of benzene rings is 2. The maximum Gasteiger partial charge on any atom is 0.407 e. The largest absolute Gasteiger partial charge is 0.497 e. The second-order valence-corrected chi connectivity index (χ2v) is 7.62. The van der Waals surface area contributed by atoms with Crippen LogP contribution < -0.4 is 9.47 Å². The maximum atomic E-state index is 12.0. The molecular formula is C21H26N2O6. The third kappa shape index (κ3) is 5.84.